The molecule has 0 spiro atoms. The first-order valence-corrected chi connectivity index (χ1v) is 7.08. The van der Waals surface area contributed by atoms with E-state index < -0.39 is 5.60 Å². The fraction of sp³-hybridized carbons (Fsp3) is 0.562. The molecule has 0 bridgehead atoms. The van der Waals surface area contributed by atoms with Crippen LogP contribution >= 0.6 is 0 Å². The maximum atomic E-state index is 12.0. The molecule has 0 radical (unpaired) electrons. The van der Waals surface area contributed by atoms with Crippen LogP contribution in [-0.2, 0) is 4.79 Å². The van der Waals surface area contributed by atoms with Crippen molar-refractivity contribution in [1.29, 1.82) is 0 Å². The third-order valence-corrected chi connectivity index (χ3v) is 3.87. The molecule has 2 rings (SSSR count). The minimum Gasteiger partial charge on any atom is -0.493 e. The minimum atomic E-state index is -0.732. The van der Waals surface area contributed by atoms with Crippen molar-refractivity contribution in [3.63, 3.8) is 0 Å². The Hall–Kier alpha value is -1.55. The van der Waals surface area contributed by atoms with Gasteiger partial charge in [-0.2, -0.15) is 0 Å². The molecule has 1 amide bonds. The molecule has 1 aliphatic heterocycles. The van der Waals surface area contributed by atoms with Gasteiger partial charge in [0.15, 0.2) is 0 Å². The van der Waals surface area contributed by atoms with E-state index in [-0.39, 0.29) is 5.91 Å². The van der Waals surface area contributed by atoms with Crippen LogP contribution < -0.4 is 4.74 Å². The van der Waals surface area contributed by atoms with Crippen molar-refractivity contribution >= 4 is 5.91 Å². The summed E-state index contributed by atoms with van der Waals surface area (Å²) in [5.74, 6) is 0.848. The molecule has 4 heteroatoms. The smallest absolute Gasteiger partial charge is 0.226 e. The highest BCUT2D eigenvalue weighted by atomic mass is 16.5. The molecule has 1 unspecified atom stereocenters. The third-order valence-electron chi connectivity index (χ3n) is 3.87. The van der Waals surface area contributed by atoms with E-state index in [1.807, 2.05) is 25.1 Å². The number of benzene rings is 1. The lowest BCUT2D eigenvalue weighted by molar-refractivity contribution is -0.131. The highest BCUT2D eigenvalue weighted by Crippen LogP contribution is 2.21. The number of hydrogen-bond donors (Lipinski definition) is 1. The Morgan fingerprint density at radius 1 is 1.40 bits per heavy atom. The topological polar surface area (TPSA) is 49.8 Å². The van der Waals surface area contributed by atoms with Crippen molar-refractivity contribution in [3.8, 4) is 5.75 Å². The average molecular weight is 277 g/mol. The van der Waals surface area contributed by atoms with E-state index in [4.69, 9.17) is 4.74 Å². The van der Waals surface area contributed by atoms with Crippen molar-refractivity contribution in [2.24, 2.45) is 0 Å². The molecule has 1 heterocycles. The summed E-state index contributed by atoms with van der Waals surface area (Å²) in [6.45, 7) is 7.30. The van der Waals surface area contributed by atoms with Gasteiger partial charge in [0.05, 0.1) is 18.6 Å². The van der Waals surface area contributed by atoms with E-state index >= 15 is 0 Å². The van der Waals surface area contributed by atoms with E-state index in [9.17, 15) is 9.90 Å². The van der Waals surface area contributed by atoms with Gasteiger partial charge in [-0.1, -0.05) is 6.07 Å². The number of aryl methyl sites for hydroxylation is 2. The average Bonchev–Trinajstić information content (AvgIpc) is 2.74. The zero-order valence-corrected chi connectivity index (χ0v) is 12.5. The van der Waals surface area contributed by atoms with Gasteiger partial charge < -0.3 is 14.7 Å². The summed E-state index contributed by atoms with van der Waals surface area (Å²) < 4.78 is 5.61. The summed E-state index contributed by atoms with van der Waals surface area (Å²) in [4.78, 5) is 13.7. The molecule has 1 atom stereocenters. The van der Waals surface area contributed by atoms with Crippen LogP contribution in [0.4, 0.5) is 0 Å². The Morgan fingerprint density at radius 2 is 2.15 bits per heavy atom. The van der Waals surface area contributed by atoms with Gasteiger partial charge in [0.25, 0.3) is 0 Å². The number of nitrogens with zero attached hydrogens (tertiary/aromatic N) is 1. The summed E-state index contributed by atoms with van der Waals surface area (Å²) >= 11 is 0. The van der Waals surface area contributed by atoms with Gasteiger partial charge in [0, 0.05) is 13.1 Å². The number of hydrogen-bond acceptors (Lipinski definition) is 3. The summed E-state index contributed by atoms with van der Waals surface area (Å²) in [5.41, 5.74) is 1.68. The van der Waals surface area contributed by atoms with Crippen LogP contribution in [0.25, 0.3) is 0 Å². The van der Waals surface area contributed by atoms with E-state index in [0.717, 1.165) is 5.75 Å². The number of carbonyl (C=O) groups is 1. The van der Waals surface area contributed by atoms with Crippen molar-refractivity contribution in [1.82, 2.24) is 4.90 Å². The van der Waals surface area contributed by atoms with Gasteiger partial charge >= 0.3 is 0 Å². The van der Waals surface area contributed by atoms with E-state index in [2.05, 4.69) is 6.92 Å². The second-order valence-corrected chi connectivity index (χ2v) is 5.91. The molecule has 1 N–H and O–H groups in total. The van der Waals surface area contributed by atoms with Crippen LogP contribution in [0.2, 0.25) is 0 Å². The first-order valence-electron chi connectivity index (χ1n) is 7.08. The van der Waals surface area contributed by atoms with Gasteiger partial charge in [-0.3, -0.25) is 4.79 Å². The molecule has 110 valence electrons. The number of ether oxygens (including phenoxy) is 1. The SMILES string of the molecule is Cc1ccc(OCCC(=O)N2CCC(C)(O)C2)cc1C. The number of aliphatic hydroxyl groups is 1. The maximum Gasteiger partial charge on any atom is 0.226 e. The fourth-order valence-electron chi connectivity index (χ4n) is 2.38. The van der Waals surface area contributed by atoms with Gasteiger partial charge in [0.2, 0.25) is 5.91 Å². The molecule has 4 nitrogen and oxygen atoms in total. The second-order valence-electron chi connectivity index (χ2n) is 5.91. The molecule has 20 heavy (non-hydrogen) atoms. The van der Waals surface area contributed by atoms with Crippen molar-refractivity contribution in [3.05, 3.63) is 29.3 Å². The number of amides is 1. The first-order chi connectivity index (χ1) is 9.37. The monoisotopic (exact) mass is 277 g/mol. The molecule has 1 aromatic rings. The molecular weight excluding hydrogens is 254 g/mol. The van der Waals surface area contributed by atoms with Crippen LogP contribution in [-0.4, -0.2) is 41.2 Å². The van der Waals surface area contributed by atoms with Crippen LogP contribution in [0.5, 0.6) is 5.75 Å². The Kier molecular flexibility index (Phi) is 4.33. The van der Waals surface area contributed by atoms with E-state index in [1.54, 1.807) is 11.8 Å². The number of likely N-dealkylation sites (tertiary alicyclic amines) is 1. The van der Waals surface area contributed by atoms with Gasteiger partial charge in [-0.05, 0) is 50.5 Å². The minimum absolute atomic E-state index is 0.0478. The van der Waals surface area contributed by atoms with Gasteiger partial charge in [-0.15, -0.1) is 0 Å². The first kappa shape index (κ1) is 14.9. The lowest BCUT2D eigenvalue weighted by atomic mass is 10.1. The van der Waals surface area contributed by atoms with Crippen molar-refractivity contribution in [2.45, 2.75) is 39.2 Å². The molecule has 0 aliphatic carbocycles. The highest BCUT2D eigenvalue weighted by molar-refractivity contribution is 5.76. The summed E-state index contributed by atoms with van der Waals surface area (Å²) in [5, 5.41) is 9.85. The molecular formula is C16H23NO3. The third kappa shape index (κ3) is 3.73. The zero-order chi connectivity index (χ0) is 14.8. The summed E-state index contributed by atoms with van der Waals surface area (Å²) in [7, 11) is 0. The Bertz CT molecular complexity index is 496. The van der Waals surface area contributed by atoms with Crippen molar-refractivity contribution < 1.29 is 14.6 Å². The number of β-amino-alcohol motifs (C(OH)–C–C–N with tert-alkyl or cyclic N) is 1. The molecule has 0 saturated carbocycles. The van der Waals surface area contributed by atoms with Crippen LogP contribution in [0, 0.1) is 13.8 Å². The predicted molar refractivity (Wildman–Crippen MR) is 77.8 cm³/mol. The molecule has 1 saturated heterocycles. The Morgan fingerprint density at radius 3 is 2.75 bits per heavy atom. The maximum absolute atomic E-state index is 12.0. The molecule has 1 aromatic carbocycles. The standard InChI is InChI=1S/C16H23NO3/c1-12-4-5-14(10-13(12)2)20-9-6-15(18)17-8-7-16(3,19)11-17/h4-5,10,19H,6-9,11H2,1-3H3. The second kappa shape index (κ2) is 5.83. The lowest BCUT2D eigenvalue weighted by Gasteiger charge is -2.19. The lowest BCUT2D eigenvalue weighted by Crippen LogP contribution is -2.34. The normalized spacial score (nSPS) is 22.1. The van der Waals surface area contributed by atoms with Crippen LogP contribution in [0.1, 0.15) is 30.9 Å². The van der Waals surface area contributed by atoms with Crippen LogP contribution in [0.3, 0.4) is 0 Å². The summed E-state index contributed by atoms with van der Waals surface area (Å²) in [6, 6.07) is 5.93. The van der Waals surface area contributed by atoms with E-state index in [1.165, 1.54) is 11.1 Å². The molecule has 1 fully saturated rings. The van der Waals surface area contributed by atoms with Gasteiger partial charge in [0.1, 0.15) is 5.75 Å². The Labute approximate surface area is 120 Å². The van der Waals surface area contributed by atoms with E-state index in [0.29, 0.717) is 32.5 Å². The Balaban J connectivity index is 1.78. The largest absolute Gasteiger partial charge is 0.493 e. The quantitative estimate of drug-likeness (QED) is 0.916. The van der Waals surface area contributed by atoms with Gasteiger partial charge in [-0.25, -0.2) is 0 Å². The molecule has 0 aromatic heterocycles. The predicted octanol–water partition coefficient (Wildman–Crippen LogP) is 2.06. The number of carbonyl (C=O) groups excluding carboxylic acids is 1. The van der Waals surface area contributed by atoms with Crippen LogP contribution in [0.15, 0.2) is 18.2 Å². The fourth-order valence-corrected chi connectivity index (χ4v) is 2.38. The highest BCUT2D eigenvalue weighted by Gasteiger charge is 2.33. The zero-order valence-electron chi connectivity index (χ0n) is 12.5. The molecule has 1 aliphatic rings. The summed E-state index contributed by atoms with van der Waals surface area (Å²) in [6.07, 6.45) is 1.000. The number of rotatable bonds is 4. The van der Waals surface area contributed by atoms with Crippen molar-refractivity contribution in [2.75, 3.05) is 19.7 Å².